The molecule has 90 valence electrons. The van der Waals surface area contributed by atoms with Gasteiger partial charge >= 0.3 is 12.0 Å². The van der Waals surface area contributed by atoms with E-state index in [-0.39, 0.29) is 11.4 Å². The van der Waals surface area contributed by atoms with E-state index in [9.17, 15) is 18.3 Å². The van der Waals surface area contributed by atoms with Crippen LogP contribution in [-0.4, -0.2) is 34.0 Å². The predicted octanol–water partition coefficient (Wildman–Crippen LogP) is 0.668. The van der Waals surface area contributed by atoms with E-state index < -0.39 is 12.0 Å². The van der Waals surface area contributed by atoms with Crippen molar-refractivity contribution in [2.45, 2.75) is 12.0 Å². The van der Waals surface area contributed by atoms with Crippen molar-refractivity contribution < 1.29 is 18.3 Å². The van der Waals surface area contributed by atoms with Crippen molar-refractivity contribution in [1.29, 1.82) is 0 Å². The fraction of sp³-hybridized carbons (Fsp3) is 0.222. The molecule has 5 nitrogen and oxygen atoms in total. The van der Waals surface area contributed by atoms with Gasteiger partial charge in [0.25, 0.3) is 0 Å². The van der Waals surface area contributed by atoms with Gasteiger partial charge in [-0.05, 0) is 12.1 Å². The molecule has 17 heavy (non-hydrogen) atoms. The minimum absolute atomic E-state index is 0.149. The van der Waals surface area contributed by atoms with Crippen LogP contribution in [0.1, 0.15) is 5.69 Å². The highest BCUT2D eigenvalue weighted by molar-refractivity contribution is 6.37. The van der Waals surface area contributed by atoms with Crippen LogP contribution in [0.3, 0.4) is 0 Å². The van der Waals surface area contributed by atoms with Crippen LogP contribution in [0.15, 0.2) is 34.5 Å². The smallest absolute Gasteiger partial charge is 0.345 e. The second-order valence-corrected chi connectivity index (χ2v) is 3.25. The van der Waals surface area contributed by atoms with Gasteiger partial charge in [0.15, 0.2) is 0 Å². The van der Waals surface area contributed by atoms with Gasteiger partial charge in [-0.25, -0.2) is 4.99 Å². The number of hydrazone groups is 1. The second-order valence-electron chi connectivity index (χ2n) is 3.25. The van der Waals surface area contributed by atoms with Gasteiger partial charge in [-0.15, -0.1) is 0 Å². The number of aliphatic imine (C=N–C) groups is 1. The first-order chi connectivity index (χ1) is 7.92. The summed E-state index contributed by atoms with van der Waals surface area (Å²) >= 11 is 0. The van der Waals surface area contributed by atoms with E-state index >= 15 is 0 Å². The maximum atomic E-state index is 12.5. The van der Waals surface area contributed by atoms with Gasteiger partial charge < -0.3 is 5.11 Å². The monoisotopic (exact) mass is 244 g/mol. The summed E-state index contributed by atoms with van der Waals surface area (Å²) < 4.78 is 37.5. The summed E-state index contributed by atoms with van der Waals surface area (Å²) in [6, 6.07) is 4.67. The van der Waals surface area contributed by atoms with Crippen molar-refractivity contribution in [2.75, 3.05) is 0 Å². The normalized spacial score (nSPS) is 24.1. The van der Waals surface area contributed by atoms with Crippen molar-refractivity contribution in [3.8, 4) is 0 Å². The Hall–Kier alpha value is -1.96. The lowest BCUT2D eigenvalue weighted by molar-refractivity contribution is -0.269. The Morgan fingerprint density at radius 2 is 2.06 bits per heavy atom. The Bertz CT molecular complexity index is 471. The molecular formula is C9H7F3N4O. The molecule has 0 saturated carbocycles. The summed E-state index contributed by atoms with van der Waals surface area (Å²) in [6.07, 6.45) is -2.51. The minimum atomic E-state index is -4.97. The Balaban J connectivity index is 2.40. The number of aliphatic hydroxyl groups is 1. The minimum Gasteiger partial charge on any atom is -0.345 e. The SMILES string of the molecule is OC1(C(F)(F)F)N=C(c2ccccn2)C=NN1. The van der Waals surface area contributed by atoms with E-state index in [0.29, 0.717) is 0 Å². The topological polar surface area (TPSA) is 69.9 Å². The molecule has 0 amide bonds. The van der Waals surface area contributed by atoms with Gasteiger partial charge in [0.1, 0.15) is 5.71 Å². The first-order valence-corrected chi connectivity index (χ1v) is 4.53. The van der Waals surface area contributed by atoms with Gasteiger partial charge in [0, 0.05) is 6.20 Å². The number of rotatable bonds is 1. The third-order valence-electron chi connectivity index (χ3n) is 2.01. The summed E-state index contributed by atoms with van der Waals surface area (Å²) in [6.45, 7) is 0. The van der Waals surface area contributed by atoms with Crippen LogP contribution in [0.4, 0.5) is 13.2 Å². The molecule has 1 atom stereocenters. The standard InChI is InChI=1S/C9H7F3N4O/c10-8(11,12)9(17)15-7(5-14-16-9)6-3-1-2-4-13-6/h1-5,16-17H. The maximum Gasteiger partial charge on any atom is 0.461 e. The van der Waals surface area contributed by atoms with Crippen molar-refractivity contribution in [2.24, 2.45) is 10.1 Å². The van der Waals surface area contributed by atoms with E-state index in [1.54, 1.807) is 12.1 Å². The molecule has 2 rings (SSSR count). The number of nitrogens with zero attached hydrogens (tertiary/aromatic N) is 3. The average Bonchev–Trinajstić information content (AvgIpc) is 2.29. The number of hydrogen-bond acceptors (Lipinski definition) is 5. The van der Waals surface area contributed by atoms with Gasteiger partial charge in [-0.1, -0.05) is 6.07 Å². The van der Waals surface area contributed by atoms with Crippen LogP contribution in [0.5, 0.6) is 0 Å². The molecule has 8 heteroatoms. The molecule has 2 heterocycles. The molecular weight excluding hydrogens is 237 g/mol. The summed E-state index contributed by atoms with van der Waals surface area (Å²) in [5.74, 6) is -3.41. The van der Waals surface area contributed by atoms with Crippen LogP contribution < -0.4 is 5.43 Å². The van der Waals surface area contributed by atoms with E-state index in [0.717, 1.165) is 6.21 Å². The summed E-state index contributed by atoms with van der Waals surface area (Å²) in [5, 5.41) is 12.5. The van der Waals surface area contributed by atoms with Gasteiger partial charge in [0.05, 0.1) is 11.9 Å². The molecule has 0 saturated heterocycles. The third kappa shape index (κ3) is 2.11. The van der Waals surface area contributed by atoms with Crippen molar-refractivity contribution >= 4 is 11.9 Å². The summed E-state index contributed by atoms with van der Waals surface area (Å²) in [7, 11) is 0. The molecule has 0 fully saturated rings. The van der Waals surface area contributed by atoms with Crippen molar-refractivity contribution in [1.82, 2.24) is 10.4 Å². The van der Waals surface area contributed by atoms with Gasteiger partial charge in [-0.2, -0.15) is 18.3 Å². The van der Waals surface area contributed by atoms with E-state index in [1.165, 1.54) is 17.7 Å². The summed E-state index contributed by atoms with van der Waals surface area (Å²) in [5.41, 5.74) is 1.57. The largest absolute Gasteiger partial charge is 0.461 e. The Morgan fingerprint density at radius 1 is 1.29 bits per heavy atom. The molecule has 1 aliphatic rings. The first kappa shape index (κ1) is 11.5. The molecule has 2 N–H and O–H groups in total. The highest BCUT2D eigenvalue weighted by Gasteiger charge is 2.56. The van der Waals surface area contributed by atoms with Crippen LogP contribution in [0.2, 0.25) is 0 Å². The number of halogens is 3. The van der Waals surface area contributed by atoms with Crippen LogP contribution in [-0.2, 0) is 0 Å². The molecule has 1 aliphatic heterocycles. The molecule has 1 aromatic rings. The molecule has 0 aromatic carbocycles. The lowest BCUT2D eigenvalue weighted by Crippen LogP contribution is -2.55. The zero-order valence-electron chi connectivity index (χ0n) is 8.31. The zero-order valence-corrected chi connectivity index (χ0v) is 8.31. The van der Waals surface area contributed by atoms with E-state index in [1.807, 2.05) is 0 Å². The Kier molecular flexibility index (Phi) is 2.58. The summed E-state index contributed by atoms with van der Waals surface area (Å²) in [4.78, 5) is 7.00. The zero-order chi connectivity index (χ0) is 12.5. The maximum absolute atomic E-state index is 12.5. The molecule has 0 aliphatic carbocycles. The van der Waals surface area contributed by atoms with Crippen LogP contribution in [0.25, 0.3) is 0 Å². The van der Waals surface area contributed by atoms with Crippen molar-refractivity contribution in [3.05, 3.63) is 30.1 Å². The van der Waals surface area contributed by atoms with Crippen LogP contribution in [0, 0.1) is 0 Å². The quantitative estimate of drug-likeness (QED) is 0.762. The number of alkyl halides is 3. The van der Waals surface area contributed by atoms with Crippen LogP contribution >= 0.6 is 0 Å². The number of pyridine rings is 1. The van der Waals surface area contributed by atoms with Gasteiger partial charge in [-0.3, -0.25) is 10.4 Å². The van der Waals surface area contributed by atoms with E-state index in [2.05, 4.69) is 15.1 Å². The number of nitrogens with one attached hydrogen (secondary N) is 1. The highest BCUT2D eigenvalue weighted by Crippen LogP contribution is 2.30. The molecule has 0 spiro atoms. The highest BCUT2D eigenvalue weighted by atomic mass is 19.4. The van der Waals surface area contributed by atoms with Gasteiger partial charge in [0.2, 0.25) is 0 Å². The lowest BCUT2D eigenvalue weighted by atomic mass is 10.2. The Morgan fingerprint density at radius 3 is 2.65 bits per heavy atom. The third-order valence-corrected chi connectivity index (χ3v) is 2.01. The number of hydrogen-bond donors (Lipinski definition) is 2. The molecule has 1 aromatic heterocycles. The lowest BCUT2D eigenvalue weighted by Gasteiger charge is -2.28. The van der Waals surface area contributed by atoms with E-state index in [4.69, 9.17) is 0 Å². The fourth-order valence-corrected chi connectivity index (χ4v) is 1.18. The molecule has 0 radical (unpaired) electrons. The first-order valence-electron chi connectivity index (χ1n) is 4.53. The average molecular weight is 244 g/mol. The van der Waals surface area contributed by atoms with Crippen molar-refractivity contribution in [3.63, 3.8) is 0 Å². The Labute approximate surface area is 93.7 Å². The second kappa shape index (κ2) is 3.81. The fourth-order valence-electron chi connectivity index (χ4n) is 1.18. The predicted molar refractivity (Wildman–Crippen MR) is 53.4 cm³/mol. The molecule has 0 bridgehead atoms. The number of aromatic nitrogens is 1. The molecule has 1 unspecified atom stereocenters.